The molecule has 64 valence electrons. The number of rotatable bonds is 1. The molecule has 0 fully saturated rings. The highest BCUT2D eigenvalue weighted by Crippen LogP contribution is 2.17. The van der Waals surface area contributed by atoms with E-state index in [2.05, 4.69) is 11.8 Å². The Morgan fingerprint density at radius 1 is 1.46 bits per heavy atom. The fraction of sp³-hybridized carbons (Fsp3) is 0.273. The lowest BCUT2D eigenvalue weighted by atomic mass is 9.96. The summed E-state index contributed by atoms with van der Waals surface area (Å²) in [5, 5.41) is 8.22. The van der Waals surface area contributed by atoms with Gasteiger partial charge in [0.2, 0.25) is 0 Å². The van der Waals surface area contributed by atoms with E-state index in [0.29, 0.717) is 0 Å². The quantitative estimate of drug-likeness (QED) is 0.564. The number of hydrogen-bond acceptors (Lipinski definition) is 2. The standard InChI is InChI=1S/C11H9NO/c1-9(13)11-6-4-10(5-7-11)3-2-8-12/h4,6H,5,7H2,1H3. The molecule has 0 aliphatic heterocycles. The molecule has 0 aromatic rings. The van der Waals surface area contributed by atoms with Crippen LogP contribution in [0.5, 0.6) is 0 Å². The zero-order chi connectivity index (χ0) is 9.68. The molecular weight excluding hydrogens is 162 g/mol. The van der Waals surface area contributed by atoms with Crippen molar-refractivity contribution in [3.05, 3.63) is 23.3 Å². The summed E-state index contributed by atoms with van der Waals surface area (Å²) < 4.78 is 0. The second-order valence-corrected chi connectivity index (χ2v) is 2.80. The zero-order valence-corrected chi connectivity index (χ0v) is 7.42. The normalized spacial score (nSPS) is 14.5. The number of nitrogens with zero attached hydrogens (tertiary/aromatic N) is 1. The van der Waals surface area contributed by atoms with Gasteiger partial charge in [-0.25, -0.2) is 0 Å². The molecule has 13 heavy (non-hydrogen) atoms. The van der Waals surface area contributed by atoms with E-state index in [-0.39, 0.29) is 5.78 Å². The summed E-state index contributed by atoms with van der Waals surface area (Å²) in [4.78, 5) is 10.9. The number of carbonyl (C=O) groups is 1. The van der Waals surface area contributed by atoms with Gasteiger partial charge in [0.25, 0.3) is 0 Å². The highest BCUT2D eigenvalue weighted by atomic mass is 16.1. The maximum absolute atomic E-state index is 10.9. The molecule has 0 unspecified atom stereocenters. The summed E-state index contributed by atoms with van der Waals surface area (Å²) in [6.07, 6.45) is 5.10. The molecule has 0 saturated heterocycles. The average molecular weight is 171 g/mol. The second kappa shape index (κ2) is 4.28. The van der Waals surface area contributed by atoms with Crippen molar-refractivity contribution in [2.45, 2.75) is 19.8 Å². The Balaban J connectivity index is 2.77. The van der Waals surface area contributed by atoms with Crippen molar-refractivity contribution >= 4 is 5.78 Å². The van der Waals surface area contributed by atoms with Crippen molar-refractivity contribution in [3.8, 4) is 17.9 Å². The van der Waals surface area contributed by atoms with Crippen LogP contribution in [-0.2, 0) is 4.79 Å². The number of Topliss-reactive ketones (excluding diaryl/α,β-unsaturated/α-hetero) is 1. The van der Waals surface area contributed by atoms with E-state index in [9.17, 15) is 4.79 Å². The molecule has 2 heteroatoms. The van der Waals surface area contributed by atoms with E-state index in [1.807, 2.05) is 6.08 Å². The molecule has 0 aromatic heterocycles. The third-order valence-corrected chi connectivity index (χ3v) is 1.88. The number of nitriles is 1. The minimum Gasteiger partial charge on any atom is -0.295 e. The highest BCUT2D eigenvalue weighted by Gasteiger charge is 2.07. The predicted molar refractivity (Wildman–Crippen MR) is 49.5 cm³/mol. The SMILES string of the molecule is CC(=O)C1=CC=C(C#CC#N)CC1. The molecule has 0 radical (unpaired) electrons. The summed E-state index contributed by atoms with van der Waals surface area (Å²) in [5.74, 6) is 5.17. The van der Waals surface area contributed by atoms with Crippen molar-refractivity contribution in [1.29, 1.82) is 5.26 Å². The summed E-state index contributed by atoms with van der Waals surface area (Å²) in [7, 11) is 0. The van der Waals surface area contributed by atoms with Crippen molar-refractivity contribution in [3.63, 3.8) is 0 Å². The van der Waals surface area contributed by atoms with E-state index in [1.165, 1.54) is 0 Å². The first-order valence-electron chi connectivity index (χ1n) is 4.05. The van der Waals surface area contributed by atoms with E-state index in [4.69, 9.17) is 5.26 Å². The van der Waals surface area contributed by atoms with Crippen LogP contribution in [-0.4, -0.2) is 5.78 Å². The molecule has 0 atom stereocenters. The first kappa shape index (κ1) is 9.29. The smallest absolute Gasteiger partial charge is 0.155 e. The fourth-order valence-corrected chi connectivity index (χ4v) is 1.14. The Morgan fingerprint density at radius 3 is 2.69 bits per heavy atom. The predicted octanol–water partition coefficient (Wildman–Crippen LogP) is 1.75. The van der Waals surface area contributed by atoms with Crippen LogP contribution in [0.25, 0.3) is 0 Å². The first-order chi connectivity index (χ1) is 6.24. The van der Waals surface area contributed by atoms with Crippen molar-refractivity contribution < 1.29 is 4.79 Å². The van der Waals surface area contributed by atoms with Crippen molar-refractivity contribution in [2.75, 3.05) is 0 Å². The summed E-state index contributed by atoms with van der Waals surface area (Å²) in [6, 6.07) is 1.76. The Morgan fingerprint density at radius 2 is 2.23 bits per heavy atom. The van der Waals surface area contributed by atoms with Crippen LogP contribution >= 0.6 is 0 Å². The van der Waals surface area contributed by atoms with Crippen LogP contribution in [0.2, 0.25) is 0 Å². The highest BCUT2D eigenvalue weighted by molar-refractivity contribution is 5.93. The lowest BCUT2D eigenvalue weighted by Crippen LogP contribution is -2.00. The average Bonchev–Trinajstić information content (AvgIpc) is 2.15. The second-order valence-electron chi connectivity index (χ2n) is 2.80. The molecule has 0 spiro atoms. The Hall–Kier alpha value is -1.80. The zero-order valence-electron chi connectivity index (χ0n) is 7.42. The lowest BCUT2D eigenvalue weighted by molar-refractivity contribution is -0.113. The third kappa shape index (κ3) is 2.61. The Bertz CT molecular complexity index is 383. The number of hydrogen-bond donors (Lipinski definition) is 0. The van der Waals surface area contributed by atoms with Crippen LogP contribution < -0.4 is 0 Å². The molecular formula is C11H9NO. The van der Waals surface area contributed by atoms with Crippen LogP contribution in [0.15, 0.2) is 23.3 Å². The summed E-state index contributed by atoms with van der Waals surface area (Å²) >= 11 is 0. The summed E-state index contributed by atoms with van der Waals surface area (Å²) in [6.45, 7) is 1.56. The van der Waals surface area contributed by atoms with Gasteiger partial charge in [-0.15, -0.1) is 0 Å². The maximum atomic E-state index is 10.9. The minimum atomic E-state index is 0.114. The van der Waals surface area contributed by atoms with Gasteiger partial charge in [0.1, 0.15) is 0 Å². The van der Waals surface area contributed by atoms with E-state index >= 15 is 0 Å². The van der Waals surface area contributed by atoms with Gasteiger partial charge < -0.3 is 0 Å². The van der Waals surface area contributed by atoms with Gasteiger partial charge in [0, 0.05) is 11.5 Å². The minimum absolute atomic E-state index is 0.114. The van der Waals surface area contributed by atoms with E-state index in [1.54, 1.807) is 19.1 Å². The Kier molecular flexibility index (Phi) is 3.06. The van der Waals surface area contributed by atoms with Crippen LogP contribution in [0, 0.1) is 23.2 Å². The molecule has 0 bridgehead atoms. The molecule has 0 amide bonds. The number of allylic oxidation sites excluding steroid dienone is 4. The van der Waals surface area contributed by atoms with Gasteiger partial charge in [-0.3, -0.25) is 4.79 Å². The molecule has 1 aliphatic carbocycles. The molecule has 0 heterocycles. The third-order valence-electron chi connectivity index (χ3n) is 1.88. The van der Waals surface area contributed by atoms with Gasteiger partial charge in [0.05, 0.1) is 0 Å². The molecule has 1 rings (SSSR count). The molecule has 1 aliphatic rings. The topological polar surface area (TPSA) is 40.9 Å². The van der Waals surface area contributed by atoms with E-state index in [0.717, 1.165) is 24.0 Å². The van der Waals surface area contributed by atoms with Crippen molar-refractivity contribution in [2.24, 2.45) is 0 Å². The Labute approximate surface area is 77.6 Å². The molecule has 0 saturated carbocycles. The van der Waals surface area contributed by atoms with Crippen molar-refractivity contribution in [1.82, 2.24) is 0 Å². The molecule has 0 N–H and O–H groups in total. The molecule has 0 aromatic carbocycles. The van der Waals surface area contributed by atoms with Crippen LogP contribution in [0.4, 0.5) is 0 Å². The monoisotopic (exact) mass is 171 g/mol. The fourth-order valence-electron chi connectivity index (χ4n) is 1.14. The molecule has 2 nitrogen and oxygen atoms in total. The van der Waals surface area contributed by atoms with Crippen LogP contribution in [0.1, 0.15) is 19.8 Å². The lowest BCUT2D eigenvalue weighted by Gasteiger charge is -2.07. The van der Waals surface area contributed by atoms with E-state index < -0.39 is 0 Å². The number of ketones is 1. The summed E-state index contributed by atoms with van der Waals surface area (Å²) in [5.41, 5.74) is 1.76. The van der Waals surface area contributed by atoms with Gasteiger partial charge in [-0.05, 0) is 25.3 Å². The maximum Gasteiger partial charge on any atom is 0.155 e. The first-order valence-corrected chi connectivity index (χ1v) is 4.05. The van der Waals surface area contributed by atoms with Gasteiger partial charge in [-0.2, -0.15) is 5.26 Å². The van der Waals surface area contributed by atoms with Gasteiger partial charge in [-0.1, -0.05) is 18.1 Å². The van der Waals surface area contributed by atoms with Crippen LogP contribution in [0.3, 0.4) is 0 Å². The number of carbonyl (C=O) groups excluding carboxylic acids is 1. The van der Waals surface area contributed by atoms with Gasteiger partial charge in [0.15, 0.2) is 11.9 Å². The van der Waals surface area contributed by atoms with Gasteiger partial charge >= 0.3 is 0 Å². The largest absolute Gasteiger partial charge is 0.295 e.